The number of anilines is 1. The molecular weight excluding hydrogens is 444 g/mol. The second kappa shape index (κ2) is 8.63. The van der Waals surface area contributed by atoms with Crippen molar-refractivity contribution in [3.8, 4) is 22.5 Å². The predicted molar refractivity (Wildman–Crippen MR) is 144 cm³/mol. The summed E-state index contributed by atoms with van der Waals surface area (Å²) >= 11 is 0. The van der Waals surface area contributed by atoms with E-state index in [1.54, 1.807) is 6.33 Å². The minimum Gasteiger partial charge on any atom is -0.356 e. The zero-order chi connectivity index (χ0) is 24.1. The summed E-state index contributed by atoms with van der Waals surface area (Å²) in [6.07, 6.45) is 6.32. The minimum atomic E-state index is 0.447. The van der Waals surface area contributed by atoms with Crippen LogP contribution in [0.2, 0.25) is 0 Å². The van der Waals surface area contributed by atoms with Gasteiger partial charge in [-0.15, -0.1) is 0 Å². The molecule has 0 atom stereocenters. The minimum absolute atomic E-state index is 0.447. The van der Waals surface area contributed by atoms with Crippen molar-refractivity contribution in [3.63, 3.8) is 0 Å². The largest absolute Gasteiger partial charge is 0.356 e. The summed E-state index contributed by atoms with van der Waals surface area (Å²) in [5.74, 6) is 3.25. The first-order valence-corrected chi connectivity index (χ1v) is 13.0. The number of rotatable bonds is 5. The molecule has 0 radical (unpaired) electrons. The average molecular weight is 475 g/mol. The van der Waals surface area contributed by atoms with Crippen LogP contribution in [-0.2, 0) is 0 Å². The van der Waals surface area contributed by atoms with Gasteiger partial charge in [-0.2, -0.15) is 0 Å². The Kier molecular flexibility index (Phi) is 5.12. The van der Waals surface area contributed by atoms with Gasteiger partial charge in [-0.25, -0.2) is 15.0 Å². The Bertz CT molecular complexity index is 1500. The molecular formula is C30H30N6. The first-order valence-electron chi connectivity index (χ1n) is 13.0. The van der Waals surface area contributed by atoms with E-state index in [1.807, 2.05) is 0 Å². The zero-order valence-corrected chi connectivity index (χ0v) is 20.5. The Morgan fingerprint density at radius 2 is 1.58 bits per heavy atom. The number of benzene rings is 2. The number of aryl methyl sites for hydroxylation is 1. The maximum atomic E-state index is 5.16. The fraction of sp³-hybridized carbons (Fsp3) is 0.300. The average Bonchev–Trinajstić information content (AvgIpc) is 3.52. The van der Waals surface area contributed by atoms with Crippen molar-refractivity contribution < 1.29 is 0 Å². The number of aromatic amines is 2. The highest BCUT2D eigenvalue weighted by Crippen LogP contribution is 2.44. The SMILES string of the molecule is Cc1ccc(-c2cc3c(N4CCC(c5nc(C6CC6)c(-c6ccccc6)[nH]5)CC4)ncnc3[nH]2)cc1. The van der Waals surface area contributed by atoms with Gasteiger partial charge in [0.2, 0.25) is 0 Å². The second-order valence-electron chi connectivity index (χ2n) is 10.3. The highest BCUT2D eigenvalue weighted by molar-refractivity contribution is 5.92. The molecule has 3 aromatic heterocycles. The summed E-state index contributed by atoms with van der Waals surface area (Å²) in [7, 11) is 0. The third kappa shape index (κ3) is 3.87. The molecule has 1 aliphatic carbocycles. The third-order valence-corrected chi connectivity index (χ3v) is 7.73. The number of aromatic nitrogens is 5. The lowest BCUT2D eigenvalue weighted by atomic mass is 9.96. The van der Waals surface area contributed by atoms with Crippen LogP contribution in [-0.4, -0.2) is 38.0 Å². The molecule has 0 spiro atoms. The molecule has 1 aliphatic heterocycles. The van der Waals surface area contributed by atoms with Crippen molar-refractivity contribution in [3.05, 3.63) is 84.1 Å². The van der Waals surface area contributed by atoms with E-state index in [0.29, 0.717) is 11.8 Å². The molecule has 6 nitrogen and oxygen atoms in total. The lowest BCUT2D eigenvalue weighted by molar-refractivity contribution is 0.486. The summed E-state index contributed by atoms with van der Waals surface area (Å²) in [5.41, 5.74) is 8.15. The summed E-state index contributed by atoms with van der Waals surface area (Å²) in [5, 5.41) is 1.09. The Morgan fingerprint density at radius 3 is 2.33 bits per heavy atom. The van der Waals surface area contributed by atoms with Crippen molar-refractivity contribution in [2.75, 3.05) is 18.0 Å². The first kappa shape index (κ1) is 21.4. The molecule has 180 valence electrons. The van der Waals surface area contributed by atoms with E-state index in [4.69, 9.17) is 9.97 Å². The van der Waals surface area contributed by atoms with Gasteiger partial charge < -0.3 is 14.9 Å². The van der Waals surface area contributed by atoms with E-state index >= 15 is 0 Å². The van der Waals surface area contributed by atoms with Crippen molar-refractivity contribution in [1.82, 2.24) is 24.9 Å². The second-order valence-corrected chi connectivity index (χ2v) is 10.3. The Balaban J connectivity index is 1.13. The number of H-pyrrole nitrogens is 2. The fourth-order valence-corrected chi connectivity index (χ4v) is 5.51. The normalized spacial score (nSPS) is 16.6. The molecule has 2 aliphatic rings. The lowest BCUT2D eigenvalue weighted by Gasteiger charge is -2.32. The standard InChI is InChI=1S/C30H30N6/c1-19-7-9-20(10-8-19)25-17-24-29(33-25)31-18-32-30(24)36-15-13-23(14-16-36)28-34-26(21-5-3-2-4-6-21)27(35-28)22-11-12-22/h2-10,17-18,22-23H,11-16H2,1H3,(H,34,35)(H,31,32,33). The quantitative estimate of drug-likeness (QED) is 0.302. The molecule has 1 saturated carbocycles. The van der Waals surface area contributed by atoms with E-state index < -0.39 is 0 Å². The fourth-order valence-electron chi connectivity index (χ4n) is 5.51. The molecule has 7 rings (SSSR count). The van der Waals surface area contributed by atoms with E-state index in [9.17, 15) is 0 Å². The monoisotopic (exact) mass is 474 g/mol. The number of hydrogen-bond donors (Lipinski definition) is 2. The maximum Gasteiger partial charge on any atom is 0.143 e. The van der Waals surface area contributed by atoms with Gasteiger partial charge >= 0.3 is 0 Å². The van der Waals surface area contributed by atoms with Gasteiger partial charge in [-0.1, -0.05) is 60.2 Å². The Labute approximate surface area is 210 Å². The molecule has 2 aromatic carbocycles. The molecule has 36 heavy (non-hydrogen) atoms. The van der Waals surface area contributed by atoms with Crippen molar-refractivity contribution in [1.29, 1.82) is 0 Å². The van der Waals surface area contributed by atoms with Crippen LogP contribution >= 0.6 is 0 Å². The van der Waals surface area contributed by atoms with E-state index in [2.05, 4.69) is 87.4 Å². The number of hydrogen-bond acceptors (Lipinski definition) is 4. The molecule has 2 N–H and O–H groups in total. The van der Waals surface area contributed by atoms with Crippen LogP contribution in [0.3, 0.4) is 0 Å². The molecule has 1 saturated heterocycles. The third-order valence-electron chi connectivity index (χ3n) is 7.73. The maximum absolute atomic E-state index is 5.16. The molecule has 0 amide bonds. The van der Waals surface area contributed by atoms with Crippen molar-refractivity contribution >= 4 is 16.9 Å². The van der Waals surface area contributed by atoms with E-state index in [1.165, 1.54) is 40.9 Å². The zero-order valence-electron chi connectivity index (χ0n) is 20.5. The van der Waals surface area contributed by atoms with Crippen LogP contribution in [0.25, 0.3) is 33.5 Å². The van der Waals surface area contributed by atoms with Crippen LogP contribution < -0.4 is 4.90 Å². The van der Waals surface area contributed by atoms with Gasteiger partial charge in [-0.3, -0.25) is 0 Å². The van der Waals surface area contributed by atoms with Crippen molar-refractivity contribution in [2.45, 2.75) is 44.4 Å². The number of imidazole rings is 1. The van der Waals surface area contributed by atoms with Gasteiger partial charge in [0.15, 0.2) is 0 Å². The van der Waals surface area contributed by atoms with Gasteiger partial charge in [0.25, 0.3) is 0 Å². The van der Waals surface area contributed by atoms with Gasteiger partial charge in [0, 0.05) is 30.6 Å². The van der Waals surface area contributed by atoms with E-state index in [-0.39, 0.29) is 0 Å². The van der Waals surface area contributed by atoms with Crippen LogP contribution in [0.1, 0.15) is 54.6 Å². The lowest BCUT2D eigenvalue weighted by Crippen LogP contribution is -2.34. The summed E-state index contributed by atoms with van der Waals surface area (Å²) in [6, 6.07) is 21.5. The Morgan fingerprint density at radius 1 is 0.806 bits per heavy atom. The van der Waals surface area contributed by atoms with Crippen LogP contribution in [0.5, 0.6) is 0 Å². The highest BCUT2D eigenvalue weighted by atomic mass is 15.2. The van der Waals surface area contributed by atoms with Crippen LogP contribution in [0.15, 0.2) is 67.0 Å². The summed E-state index contributed by atoms with van der Waals surface area (Å²) in [4.78, 5) is 24.0. The molecule has 4 heterocycles. The summed E-state index contributed by atoms with van der Waals surface area (Å²) < 4.78 is 0. The van der Waals surface area contributed by atoms with Crippen molar-refractivity contribution in [2.24, 2.45) is 0 Å². The number of nitrogens with one attached hydrogen (secondary N) is 2. The molecule has 0 unspecified atom stereocenters. The smallest absolute Gasteiger partial charge is 0.143 e. The van der Waals surface area contributed by atoms with E-state index in [0.717, 1.165) is 54.3 Å². The molecule has 2 fully saturated rings. The van der Waals surface area contributed by atoms with Crippen LogP contribution in [0.4, 0.5) is 5.82 Å². The highest BCUT2D eigenvalue weighted by Gasteiger charge is 2.32. The Hall–Kier alpha value is -3.93. The molecule has 5 aromatic rings. The van der Waals surface area contributed by atoms with Gasteiger partial charge in [0.1, 0.15) is 23.6 Å². The van der Waals surface area contributed by atoms with Gasteiger partial charge in [0.05, 0.1) is 16.8 Å². The number of piperidine rings is 1. The van der Waals surface area contributed by atoms with Crippen LogP contribution in [0, 0.1) is 6.92 Å². The molecule has 6 heteroatoms. The first-order chi connectivity index (χ1) is 17.7. The van der Waals surface area contributed by atoms with Gasteiger partial charge in [-0.05, 0) is 49.8 Å². The summed E-state index contributed by atoms with van der Waals surface area (Å²) in [6.45, 7) is 4.03. The number of nitrogens with zero attached hydrogens (tertiary/aromatic N) is 4. The topological polar surface area (TPSA) is 73.5 Å². The predicted octanol–water partition coefficient (Wildman–Crippen LogP) is 6.58. The molecule has 0 bridgehead atoms. The number of fused-ring (bicyclic) bond motifs is 1.